The third kappa shape index (κ3) is 5.95. The Labute approximate surface area is 102 Å². The lowest BCUT2D eigenvalue weighted by molar-refractivity contribution is -0.129. The van der Waals surface area contributed by atoms with Crippen LogP contribution in [0.1, 0.15) is 12.8 Å². The SMILES string of the molecule is C=CCC(OC(CC=C)C(O)CO)C(O)CO. The molecule has 0 amide bonds. The van der Waals surface area contributed by atoms with Crippen molar-refractivity contribution in [1.29, 1.82) is 0 Å². The first-order chi connectivity index (χ1) is 8.10. The van der Waals surface area contributed by atoms with Gasteiger partial charge in [0.1, 0.15) is 12.2 Å². The van der Waals surface area contributed by atoms with Gasteiger partial charge in [0.15, 0.2) is 0 Å². The molecule has 0 spiro atoms. The molecule has 0 saturated heterocycles. The van der Waals surface area contributed by atoms with E-state index in [0.29, 0.717) is 12.8 Å². The van der Waals surface area contributed by atoms with Crippen LogP contribution in [0.3, 0.4) is 0 Å². The van der Waals surface area contributed by atoms with Gasteiger partial charge in [0.25, 0.3) is 0 Å². The third-order valence-electron chi connectivity index (χ3n) is 2.38. The molecule has 0 heterocycles. The Morgan fingerprint density at radius 3 is 1.47 bits per heavy atom. The molecule has 0 saturated carbocycles. The quantitative estimate of drug-likeness (QED) is 0.394. The van der Waals surface area contributed by atoms with Gasteiger partial charge in [0, 0.05) is 0 Å². The van der Waals surface area contributed by atoms with Crippen LogP contribution in [0.2, 0.25) is 0 Å². The number of ether oxygens (including phenoxy) is 1. The molecule has 100 valence electrons. The largest absolute Gasteiger partial charge is 0.394 e. The summed E-state index contributed by atoms with van der Waals surface area (Å²) in [7, 11) is 0. The molecule has 0 aliphatic rings. The minimum absolute atomic E-state index is 0.341. The Morgan fingerprint density at radius 2 is 1.24 bits per heavy atom. The lowest BCUT2D eigenvalue weighted by atomic mass is 10.1. The summed E-state index contributed by atoms with van der Waals surface area (Å²) in [4.78, 5) is 0. The summed E-state index contributed by atoms with van der Waals surface area (Å²) in [5.74, 6) is 0. The smallest absolute Gasteiger partial charge is 0.103 e. The Hall–Kier alpha value is -0.720. The summed E-state index contributed by atoms with van der Waals surface area (Å²) in [6, 6.07) is 0. The Morgan fingerprint density at radius 1 is 0.882 bits per heavy atom. The molecule has 0 fully saturated rings. The van der Waals surface area contributed by atoms with Crippen LogP contribution in [0.25, 0.3) is 0 Å². The summed E-state index contributed by atoms with van der Waals surface area (Å²) < 4.78 is 5.47. The molecule has 0 aliphatic carbocycles. The van der Waals surface area contributed by atoms with Crippen molar-refractivity contribution in [1.82, 2.24) is 0 Å². The maximum atomic E-state index is 9.53. The number of hydrogen-bond acceptors (Lipinski definition) is 5. The van der Waals surface area contributed by atoms with Crippen molar-refractivity contribution in [3.8, 4) is 0 Å². The Kier molecular flexibility index (Phi) is 8.93. The van der Waals surface area contributed by atoms with Crippen LogP contribution in [-0.2, 0) is 4.74 Å². The van der Waals surface area contributed by atoms with Gasteiger partial charge in [0.2, 0.25) is 0 Å². The molecule has 5 heteroatoms. The average Bonchev–Trinajstić information content (AvgIpc) is 2.35. The molecule has 4 atom stereocenters. The Bertz CT molecular complexity index is 197. The predicted octanol–water partition coefficient (Wildman–Crippen LogP) is -0.401. The summed E-state index contributed by atoms with van der Waals surface area (Å²) in [6.07, 6.45) is 0.366. The van der Waals surface area contributed by atoms with Gasteiger partial charge in [-0.05, 0) is 12.8 Å². The maximum absolute atomic E-state index is 9.53. The normalized spacial score (nSPS) is 18.1. The van der Waals surface area contributed by atoms with E-state index in [2.05, 4.69) is 13.2 Å². The van der Waals surface area contributed by atoms with Crippen molar-refractivity contribution in [3.63, 3.8) is 0 Å². The van der Waals surface area contributed by atoms with Gasteiger partial charge in [-0.3, -0.25) is 0 Å². The molecule has 17 heavy (non-hydrogen) atoms. The second-order valence-electron chi connectivity index (χ2n) is 3.76. The van der Waals surface area contributed by atoms with Crippen LogP contribution >= 0.6 is 0 Å². The van der Waals surface area contributed by atoms with E-state index in [1.165, 1.54) is 0 Å². The number of hydrogen-bond donors (Lipinski definition) is 4. The monoisotopic (exact) mass is 246 g/mol. The van der Waals surface area contributed by atoms with Crippen molar-refractivity contribution in [2.24, 2.45) is 0 Å². The van der Waals surface area contributed by atoms with Crippen LogP contribution in [0, 0.1) is 0 Å². The molecule has 0 aromatic carbocycles. The van der Waals surface area contributed by atoms with Gasteiger partial charge in [-0.15, -0.1) is 13.2 Å². The van der Waals surface area contributed by atoms with Crippen molar-refractivity contribution < 1.29 is 25.2 Å². The van der Waals surface area contributed by atoms with Crippen molar-refractivity contribution in [2.75, 3.05) is 13.2 Å². The first-order valence-corrected chi connectivity index (χ1v) is 5.55. The summed E-state index contributed by atoms with van der Waals surface area (Å²) >= 11 is 0. The zero-order valence-corrected chi connectivity index (χ0v) is 9.90. The van der Waals surface area contributed by atoms with Gasteiger partial charge in [0.05, 0.1) is 25.4 Å². The van der Waals surface area contributed by atoms with E-state index in [4.69, 9.17) is 14.9 Å². The standard InChI is InChI=1S/C12H22O5/c1-3-5-11(9(15)7-13)17-12(6-4-2)10(16)8-14/h3-4,9-16H,1-2,5-8H2. The second-order valence-corrected chi connectivity index (χ2v) is 3.76. The zero-order chi connectivity index (χ0) is 13.3. The molecule has 0 aliphatic heterocycles. The van der Waals surface area contributed by atoms with Crippen LogP contribution < -0.4 is 0 Å². The van der Waals surface area contributed by atoms with E-state index in [1.54, 1.807) is 12.2 Å². The van der Waals surface area contributed by atoms with Crippen molar-refractivity contribution >= 4 is 0 Å². The van der Waals surface area contributed by atoms with E-state index in [0.717, 1.165) is 0 Å². The van der Waals surface area contributed by atoms with Gasteiger partial charge in [-0.1, -0.05) is 12.2 Å². The predicted molar refractivity (Wildman–Crippen MR) is 64.5 cm³/mol. The minimum Gasteiger partial charge on any atom is -0.394 e. The van der Waals surface area contributed by atoms with E-state index in [-0.39, 0.29) is 0 Å². The number of rotatable bonds is 10. The van der Waals surface area contributed by atoms with Gasteiger partial charge in [-0.25, -0.2) is 0 Å². The van der Waals surface area contributed by atoms with E-state index >= 15 is 0 Å². The average molecular weight is 246 g/mol. The number of aliphatic hydroxyl groups is 4. The van der Waals surface area contributed by atoms with E-state index < -0.39 is 37.6 Å². The first-order valence-electron chi connectivity index (χ1n) is 5.55. The number of aliphatic hydroxyl groups excluding tert-OH is 4. The highest BCUT2D eigenvalue weighted by Gasteiger charge is 2.25. The molecule has 4 N–H and O–H groups in total. The second kappa shape index (κ2) is 9.32. The van der Waals surface area contributed by atoms with Crippen LogP contribution in [0.15, 0.2) is 25.3 Å². The highest BCUT2D eigenvalue weighted by atomic mass is 16.5. The molecule has 0 aromatic rings. The molecule has 0 aromatic heterocycles. The van der Waals surface area contributed by atoms with Crippen LogP contribution in [0.5, 0.6) is 0 Å². The van der Waals surface area contributed by atoms with E-state index in [1.807, 2.05) is 0 Å². The minimum atomic E-state index is -1.05. The summed E-state index contributed by atoms with van der Waals surface area (Å²) in [5, 5.41) is 36.8. The van der Waals surface area contributed by atoms with Gasteiger partial charge >= 0.3 is 0 Å². The lowest BCUT2D eigenvalue weighted by Crippen LogP contribution is -2.40. The molecule has 4 unspecified atom stereocenters. The third-order valence-corrected chi connectivity index (χ3v) is 2.38. The summed E-state index contributed by atoms with van der Waals surface area (Å²) in [6.45, 7) is 6.19. The van der Waals surface area contributed by atoms with Crippen molar-refractivity contribution in [2.45, 2.75) is 37.3 Å². The molecule has 0 rings (SSSR count). The van der Waals surface area contributed by atoms with Gasteiger partial charge in [-0.2, -0.15) is 0 Å². The van der Waals surface area contributed by atoms with E-state index in [9.17, 15) is 10.2 Å². The fraction of sp³-hybridized carbons (Fsp3) is 0.667. The molecule has 0 bridgehead atoms. The highest BCUT2D eigenvalue weighted by molar-refractivity contribution is 4.84. The fourth-order valence-electron chi connectivity index (χ4n) is 1.39. The molecular formula is C12H22O5. The van der Waals surface area contributed by atoms with Crippen LogP contribution in [0.4, 0.5) is 0 Å². The van der Waals surface area contributed by atoms with Crippen LogP contribution in [-0.4, -0.2) is 58.1 Å². The first kappa shape index (κ1) is 16.3. The molecular weight excluding hydrogens is 224 g/mol. The fourth-order valence-corrected chi connectivity index (χ4v) is 1.39. The van der Waals surface area contributed by atoms with Gasteiger partial charge < -0.3 is 25.2 Å². The Balaban J connectivity index is 4.53. The van der Waals surface area contributed by atoms with Crippen molar-refractivity contribution in [3.05, 3.63) is 25.3 Å². The molecule has 0 radical (unpaired) electrons. The lowest BCUT2D eigenvalue weighted by Gasteiger charge is -2.28. The zero-order valence-electron chi connectivity index (χ0n) is 9.90. The molecule has 5 nitrogen and oxygen atoms in total. The summed E-state index contributed by atoms with van der Waals surface area (Å²) in [5.41, 5.74) is 0. The maximum Gasteiger partial charge on any atom is 0.103 e. The topological polar surface area (TPSA) is 90.2 Å². The highest BCUT2D eigenvalue weighted by Crippen LogP contribution is 2.14.